The summed E-state index contributed by atoms with van der Waals surface area (Å²) >= 11 is 5.59. The highest BCUT2D eigenvalue weighted by molar-refractivity contribution is 6.35. The van der Waals surface area contributed by atoms with E-state index in [9.17, 15) is 14.0 Å². The second-order valence-electron chi connectivity index (χ2n) is 4.35. The first-order valence-corrected chi connectivity index (χ1v) is 6.10. The van der Waals surface area contributed by atoms with Crippen molar-refractivity contribution in [3.05, 3.63) is 58.4 Å². The molecule has 6 heteroatoms. The normalized spacial score (nSPS) is 13.8. The van der Waals surface area contributed by atoms with E-state index in [0.717, 1.165) is 11.0 Å². The molecule has 4 nitrogen and oxygen atoms in total. The summed E-state index contributed by atoms with van der Waals surface area (Å²) in [6, 6.07) is 8.21. The van der Waals surface area contributed by atoms with Crippen molar-refractivity contribution in [2.24, 2.45) is 0 Å². The first kappa shape index (κ1) is 12.6. The maximum Gasteiger partial charge on any atom is 0.266 e. The molecular weight excluding hydrogens is 283 g/mol. The van der Waals surface area contributed by atoms with Crippen LogP contribution in [-0.2, 0) is 0 Å². The van der Waals surface area contributed by atoms with Crippen molar-refractivity contribution < 1.29 is 14.0 Å². The topological polar surface area (TPSA) is 63.4 Å². The number of nitrogens with zero attached hydrogens (tertiary/aromatic N) is 1. The molecule has 0 fully saturated rings. The minimum atomic E-state index is -0.694. The van der Waals surface area contributed by atoms with E-state index < -0.39 is 17.6 Å². The number of imide groups is 1. The Hall–Kier alpha value is -2.40. The summed E-state index contributed by atoms with van der Waals surface area (Å²) in [5, 5.41) is -0.0744. The fourth-order valence-corrected chi connectivity index (χ4v) is 2.23. The van der Waals surface area contributed by atoms with Crippen molar-refractivity contribution in [3.63, 3.8) is 0 Å². The molecule has 0 saturated carbocycles. The Morgan fingerprint density at radius 1 is 1.00 bits per heavy atom. The average molecular weight is 291 g/mol. The van der Waals surface area contributed by atoms with Gasteiger partial charge in [-0.2, -0.15) is 0 Å². The van der Waals surface area contributed by atoms with Crippen LogP contribution in [0.25, 0.3) is 0 Å². The molecule has 0 unspecified atom stereocenters. The minimum absolute atomic E-state index is 0.0744. The highest BCUT2D eigenvalue weighted by Crippen LogP contribution is 2.31. The summed E-state index contributed by atoms with van der Waals surface area (Å²) in [7, 11) is 0. The average Bonchev–Trinajstić information content (AvgIpc) is 2.65. The molecule has 1 aliphatic rings. The van der Waals surface area contributed by atoms with Crippen LogP contribution in [0.2, 0.25) is 5.02 Å². The van der Waals surface area contributed by atoms with Gasteiger partial charge in [-0.25, -0.2) is 9.29 Å². The second kappa shape index (κ2) is 4.31. The van der Waals surface area contributed by atoms with Crippen LogP contribution in [0.15, 0.2) is 36.4 Å². The Morgan fingerprint density at radius 3 is 2.40 bits per heavy atom. The van der Waals surface area contributed by atoms with Crippen molar-refractivity contribution in [2.75, 3.05) is 10.6 Å². The van der Waals surface area contributed by atoms with Crippen molar-refractivity contribution >= 4 is 34.8 Å². The molecule has 0 aromatic heterocycles. The smallest absolute Gasteiger partial charge is 0.266 e. The first-order chi connectivity index (χ1) is 9.49. The molecule has 0 spiro atoms. The number of fused-ring (bicyclic) bond motifs is 1. The van der Waals surface area contributed by atoms with Crippen LogP contribution in [0.3, 0.4) is 0 Å². The van der Waals surface area contributed by atoms with Gasteiger partial charge in [0, 0.05) is 5.69 Å². The molecule has 0 atom stereocenters. The van der Waals surface area contributed by atoms with Crippen LogP contribution in [0.1, 0.15) is 20.7 Å². The maximum atomic E-state index is 13.5. The van der Waals surface area contributed by atoms with E-state index in [1.165, 1.54) is 30.3 Å². The fourth-order valence-electron chi connectivity index (χ4n) is 2.12. The molecule has 2 amide bonds. The molecule has 2 aromatic rings. The second-order valence-corrected chi connectivity index (χ2v) is 4.76. The van der Waals surface area contributed by atoms with Crippen molar-refractivity contribution in [1.29, 1.82) is 0 Å². The molecule has 0 bridgehead atoms. The number of hydrogen-bond acceptors (Lipinski definition) is 3. The van der Waals surface area contributed by atoms with Crippen LogP contribution >= 0.6 is 11.6 Å². The lowest BCUT2D eigenvalue weighted by Gasteiger charge is -2.14. The van der Waals surface area contributed by atoms with Crippen LogP contribution in [0.5, 0.6) is 0 Å². The summed E-state index contributed by atoms with van der Waals surface area (Å²) in [5.74, 6) is -1.73. The number of benzene rings is 2. The van der Waals surface area contributed by atoms with Gasteiger partial charge >= 0.3 is 0 Å². The Kier molecular flexibility index (Phi) is 2.72. The van der Waals surface area contributed by atoms with Gasteiger partial charge < -0.3 is 5.73 Å². The minimum Gasteiger partial charge on any atom is -0.399 e. The van der Waals surface area contributed by atoms with Crippen LogP contribution in [-0.4, -0.2) is 11.8 Å². The number of amides is 2. The highest BCUT2D eigenvalue weighted by atomic mass is 35.5. The van der Waals surface area contributed by atoms with Gasteiger partial charge in [0.1, 0.15) is 5.82 Å². The Morgan fingerprint density at radius 2 is 1.70 bits per heavy atom. The number of carbonyl (C=O) groups excluding carboxylic acids is 2. The molecule has 1 aliphatic heterocycles. The van der Waals surface area contributed by atoms with E-state index >= 15 is 0 Å². The van der Waals surface area contributed by atoms with Gasteiger partial charge in [0.2, 0.25) is 0 Å². The van der Waals surface area contributed by atoms with Gasteiger partial charge in [-0.05, 0) is 36.4 Å². The van der Waals surface area contributed by atoms with Gasteiger partial charge in [-0.15, -0.1) is 0 Å². The van der Waals surface area contributed by atoms with Crippen LogP contribution < -0.4 is 10.6 Å². The van der Waals surface area contributed by atoms with Gasteiger partial charge in [0.25, 0.3) is 11.8 Å². The Balaban J connectivity index is 2.11. The Bertz CT molecular complexity index is 761. The zero-order chi connectivity index (χ0) is 14.4. The number of hydrogen-bond donors (Lipinski definition) is 1. The summed E-state index contributed by atoms with van der Waals surface area (Å²) in [5.41, 5.74) is 6.59. The molecule has 0 aliphatic carbocycles. The quantitative estimate of drug-likeness (QED) is 0.649. The molecule has 2 N–H and O–H groups in total. The van der Waals surface area contributed by atoms with Crippen molar-refractivity contribution in [3.8, 4) is 0 Å². The molecule has 0 radical (unpaired) electrons. The predicted octanol–water partition coefficient (Wildman–Crippen LogP) is 2.86. The fraction of sp³-hybridized carbons (Fsp3) is 0. The number of halogens is 2. The lowest BCUT2D eigenvalue weighted by atomic mass is 10.1. The zero-order valence-corrected chi connectivity index (χ0v) is 10.8. The molecule has 20 heavy (non-hydrogen) atoms. The van der Waals surface area contributed by atoms with Gasteiger partial charge in [-0.1, -0.05) is 11.6 Å². The number of anilines is 2. The lowest BCUT2D eigenvalue weighted by Crippen LogP contribution is -2.29. The van der Waals surface area contributed by atoms with E-state index in [4.69, 9.17) is 17.3 Å². The number of rotatable bonds is 1. The standard InChI is InChI=1S/C14H8ClFN2O2/c15-11-4-2-8(6-12(11)16)18-13(19)9-3-1-7(17)5-10(9)14(18)20/h1-6H,17H2. The van der Waals surface area contributed by atoms with E-state index in [1.54, 1.807) is 0 Å². The zero-order valence-electron chi connectivity index (χ0n) is 10.1. The molecule has 2 aromatic carbocycles. The molecule has 0 saturated heterocycles. The van der Waals surface area contributed by atoms with E-state index in [2.05, 4.69) is 0 Å². The summed E-state index contributed by atoms with van der Waals surface area (Å²) in [4.78, 5) is 25.4. The van der Waals surface area contributed by atoms with Crippen molar-refractivity contribution in [2.45, 2.75) is 0 Å². The highest BCUT2D eigenvalue weighted by Gasteiger charge is 2.36. The molecular formula is C14H8ClFN2O2. The first-order valence-electron chi connectivity index (χ1n) is 5.72. The molecule has 1 heterocycles. The summed E-state index contributed by atoms with van der Waals surface area (Å²) in [6.45, 7) is 0. The Labute approximate surface area is 118 Å². The monoisotopic (exact) mass is 290 g/mol. The SMILES string of the molecule is Nc1ccc2c(c1)C(=O)N(c1ccc(Cl)c(F)c1)C2=O. The number of nitrogens with two attached hydrogens (primary N) is 1. The lowest BCUT2D eigenvalue weighted by molar-refractivity contribution is 0.0926. The van der Waals surface area contributed by atoms with Crippen LogP contribution in [0.4, 0.5) is 15.8 Å². The molecule has 100 valence electrons. The largest absolute Gasteiger partial charge is 0.399 e. The van der Waals surface area contributed by atoms with Gasteiger partial charge in [0.05, 0.1) is 21.8 Å². The number of carbonyl (C=O) groups is 2. The number of nitrogen functional groups attached to an aromatic ring is 1. The van der Waals surface area contributed by atoms with E-state index in [0.29, 0.717) is 5.69 Å². The molecule has 3 rings (SSSR count). The maximum absolute atomic E-state index is 13.5. The third kappa shape index (κ3) is 1.75. The summed E-state index contributed by atoms with van der Waals surface area (Å²) in [6.07, 6.45) is 0. The van der Waals surface area contributed by atoms with Crippen molar-refractivity contribution in [1.82, 2.24) is 0 Å². The summed E-state index contributed by atoms with van der Waals surface area (Å²) < 4.78 is 13.5. The third-order valence-corrected chi connectivity index (χ3v) is 3.38. The predicted molar refractivity (Wildman–Crippen MR) is 73.4 cm³/mol. The third-order valence-electron chi connectivity index (χ3n) is 3.07. The van der Waals surface area contributed by atoms with E-state index in [1.807, 2.05) is 0 Å². The van der Waals surface area contributed by atoms with E-state index in [-0.39, 0.29) is 21.8 Å². The van der Waals surface area contributed by atoms with Gasteiger partial charge in [-0.3, -0.25) is 9.59 Å². The van der Waals surface area contributed by atoms with Crippen LogP contribution in [0, 0.1) is 5.82 Å². The van der Waals surface area contributed by atoms with Gasteiger partial charge in [0.15, 0.2) is 0 Å².